The first-order valence-corrected chi connectivity index (χ1v) is 9.03. The fourth-order valence-electron chi connectivity index (χ4n) is 1.56. The predicted octanol–water partition coefficient (Wildman–Crippen LogP) is 2.53. The molecule has 2 rings (SSSR count). The van der Waals surface area contributed by atoms with Gasteiger partial charge in [-0.1, -0.05) is 25.6 Å². The molecular formula is C12H18N2Si. The molecule has 80 valence electrons. The summed E-state index contributed by atoms with van der Waals surface area (Å²) in [7, 11) is 0.751. The van der Waals surface area contributed by atoms with Crippen molar-refractivity contribution < 1.29 is 0 Å². The fourth-order valence-corrected chi connectivity index (χ4v) is 2.06. The molecule has 1 aliphatic rings. The zero-order valence-electron chi connectivity index (χ0n) is 9.96. The highest BCUT2D eigenvalue weighted by molar-refractivity contribution is 6.83. The van der Waals surface area contributed by atoms with Gasteiger partial charge in [-0.2, -0.15) is 5.10 Å². The standard InChI is InChI=1S/C12H18N2Si/c1-14-12(10-5-6-10)9-11(13-14)7-8-15(2,3)4/h9-10H,5-6H2,1-4H3. The summed E-state index contributed by atoms with van der Waals surface area (Å²) in [6, 6.07) is 2.16. The van der Waals surface area contributed by atoms with Crippen LogP contribution < -0.4 is 0 Å². The topological polar surface area (TPSA) is 17.8 Å². The Morgan fingerprint density at radius 3 is 2.60 bits per heavy atom. The molecule has 15 heavy (non-hydrogen) atoms. The van der Waals surface area contributed by atoms with Crippen molar-refractivity contribution in [1.29, 1.82) is 0 Å². The average molecular weight is 218 g/mol. The first kappa shape index (κ1) is 10.5. The first-order chi connectivity index (χ1) is 6.96. The van der Waals surface area contributed by atoms with Gasteiger partial charge in [0.1, 0.15) is 13.8 Å². The van der Waals surface area contributed by atoms with E-state index in [1.165, 1.54) is 18.5 Å². The van der Waals surface area contributed by atoms with Crippen molar-refractivity contribution >= 4 is 8.07 Å². The summed E-state index contributed by atoms with van der Waals surface area (Å²) in [6.45, 7) is 6.76. The Morgan fingerprint density at radius 1 is 1.40 bits per heavy atom. The smallest absolute Gasteiger partial charge is 0.134 e. The highest BCUT2D eigenvalue weighted by Crippen LogP contribution is 2.39. The second-order valence-electron chi connectivity index (χ2n) is 5.35. The fraction of sp³-hybridized carbons (Fsp3) is 0.583. The third kappa shape index (κ3) is 2.72. The molecule has 1 heterocycles. The number of rotatable bonds is 1. The molecule has 1 saturated carbocycles. The Kier molecular flexibility index (Phi) is 2.47. The van der Waals surface area contributed by atoms with E-state index in [1.807, 2.05) is 11.7 Å². The van der Waals surface area contributed by atoms with Crippen LogP contribution in [0.5, 0.6) is 0 Å². The lowest BCUT2D eigenvalue weighted by Crippen LogP contribution is -2.16. The summed E-state index contributed by atoms with van der Waals surface area (Å²) in [5.41, 5.74) is 5.65. The lowest BCUT2D eigenvalue weighted by molar-refractivity contribution is 0.711. The van der Waals surface area contributed by atoms with E-state index >= 15 is 0 Å². The quantitative estimate of drug-likeness (QED) is 0.523. The predicted molar refractivity (Wildman–Crippen MR) is 65.4 cm³/mol. The molecule has 1 fully saturated rings. The molecule has 2 nitrogen and oxygen atoms in total. The minimum absolute atomic E-state index is 0.755. The van der Waals surface area contributed by atoms with Crippen LogP contribution in [-0.4, -0.2) is 17.9 Å². The van der Waals surface area contributed by atoms with E-state index in [0.29, 0.717) is 0 Å². The molecule has 0 aliphatic heterocycles. The van der Waals surface area contributed by atoms with Crippen LogP contribution in [0.3, 0.4) is 0 Å². The van der Waals surface area contributed by atoms with Crippen molar-refractivity contribution in [3.63, 3.8) is 0 Å². The van der Waals surface area contributed by atoms with Crippen molar-refractivity contribution in [1.82, 2.24) is 9.78 Å². The maximum atomic E-state index is 4.44. The van der Waals surface area contributed by atoms with E-state index in [0.717, 1.165) is 11.6 Å². The summed E-state index contributed by atoms with van der Waals surface area (Å²) < 4.78 is 1.99. The number of hydrogen-bond donors (Lipinski definition) is 0. The normalized spacial score (nSPS) is 16.0. The number of aryl methyl sites for hydroxylation is 1. The van der Waals surface area contributed by atoms with Crippen LogP contribution in [0, 0.1) is 11.5 Å². The Bertz CT molecular complexity index is 425. The molecule has 1 aliphatic carbocycles. The molecule has 0 radical (unpaired) electrons. The van der Waals surface area contributed by atoms with E-state index < -0.39 is 8.07 Å². The Hall–Kier alpha value is -1.01. The SMILES string of the molecule is Cn1nc(C#C[Si](C)(C)C)cc1C1CC1. The molecule has 0 spiro atoms. The zero-order chi connectivity index (χ0) is 11.1. The Morgan fingerprint density at radius 2 is 2.07 bits per heavy atom. The van der Waals surface area contributed by atoms with Crippen molar-refractivity contribution in [3.8, 4) is 11.5 Å². The highest BCUT2D eigenvalue weighted by atomic mass is 28.3. The summed E-state index contributed by atoms with van der Waals surface area (Å²) in [5.74, 6) is 3.96. The molecule has 0 unspecified atom stereocenters. The minimum atomic E-state index is -1.27. The molecule has 0 bridgehead atoms. The molecule has 3 heteroatoms. The second-order valence-corrected chi connectivity index (χ2v) is 10.1. The van der Waals surface area contributed by atoms with Crippen LogP contribution in [0.25, 0.3) is 0 Å². The Labute approximate surface area is 92.7 Å². The van der Waals surface area contributed by atoms with Gasteiger partial charge < -0.3 is 0 Å². The van der Waals surface area contributed by atoms with Crippen LogP contribution in [0.2, 0.25) is 19.6 Å². The molecule has 0 aromatic carbocycles. The molecule has 1 aromatic rings. The van der Waals surface area contributed by atoms with Gasteiger partial charge in [-0.3, -0.25) is 4.68 Å². The average Bonchev–Trinajstić information content (AvgIpc) is 2.87. The summed E-state index contributed by atoms with van der Waals surface area (Å²) in [5, 5.41) is 4.44. The van der Waals surface area contributed by atoms with E-state index in [-0.39, 0.29) is 0 Å². The monoisotopic (exact) mass is 218 g/mol. The zero-order valence-corrected chi connectivity index (χ0v) is 11.0. The third-order valence-electron chi connectivity index (χ3n) is 2.48. The van der Waals surface area contributed by atoms with Gasteiger partial charge >= 0.3 is 0 Å². The van der Waals surface area contributed by atoms with Crippen molar-refractivity contribution in [2.24, 2.45) is 7.05 Å². The summed E-state index contributed by atoms with van der Waals surface area (Å²) >= 11 is 0. The lowest BCUT2D eigenvalue weighted by Gasteiger charge is -2.02. The lowest BCUT2D eigenvalue weighted by atomic mass is 10.3. The van der Waals surface area contributed by atoms with E-state index in [9.17, 15) is 0 Å². The molecule has 0 amide bonds. The van der Waals surface area contributed by atoms with Crippen LogP contribution in [0.1, 0.15) is 30.1 Å². The van der Waals surface area contributed by atoms with Gasteiger partial charge in [0.2, 0.25) is 0 Å². The molecule has 0 saturated heterocycles. The van der Waals surface area contributed by atoms with Gasteiger partial charge in [0.25, 0.3) is 0 Å². The van der Waals surface area contributed by atoms with Gasteiger partial charge in [-0.05, 0) is 18.9 Å². The van der Waals surface area contributed by atoms with Crippen LogP contribution in [-0.2, 0) is 7.05 Å². The molecule has 0 N–H and O–H groups in total. The van der Waals surface area contributed by atoms with Crippen LogP contribution in [0.15, 0.2) is 6.07 Å². The van der Waals surface area contributed by atoms with Crippen LogP contribution in [0.4, 0.5) is 0 Å². The van der Waals surface area contributed by atoms with Crippen molar-refractivity contribution in [2.45, 2.75) is 38.4 Å². The van der Waals surface area contributed by atoms with Gasteiger partial charge in [-0.25, -0.2) is 0 Å². The van der Waals surface area contributed by atoms with Gasteiger partial charge in [-0.15, -0.1) is 5.54 Å². The van der Waals surface area contributed by atoms with Gasteiger partial charge in [0.05, 0.1) is 0 Å². The number of nitrogens with zero attached hydrogens (tertiary/aromatic N) is 2. The second kappa shape index (κ2) is 3.53. The maximum Gasteiger partial charge on any atom is 0.134 e. The first-order valence-electron chi connectivity index (χ1n) is 5.53. The summed E-state index contributed by atoms with van der Waals surface area (Å²) in [4.78, 5) is 0. The minimum Gasteiger partial charge on any atom is -0.271 e. The highest BCUT2D eigenvalue weighted by Gasteiger charge is 2.26. The third-order valence-corrected chi connectivity index (χ3v) is 3.35. The molecule has 1 aromatic heterocycles. The molecular weight excluding hydrogens is 200 g/mol. The van der Waals surface area contributed by atoms with E-state index in [1.54, 1.807) is 0 Å². The molecule has 0 atom stereocenters. The van der Waals surface area contributed by atoms with Gasteiger partial charge in [0, 0.05) is 18.7 Å². The van der Waals surface area contributed by atoms with Crippen molar-refractivity contribution in [3.05, 3.63) is 17.5 Å². The van der Waals surface area contributed by atoms with Crippen LogP contribution >= 0.6 is 0 Å². The number of aromatic nitrogens is 2. The summed E-state index contributed by atoms with van der Waals surface area (Å²) in [6.07, 6.45) is 2.64. The van der Waals surface area contributed by atoms with Crippen molar-refractivity contribution in [2.75, 3.05) is 0 Å². The van der Waals surface area contributed by atoms with E-state index in [4.69, 9.17) is 0 Å². The largest absolute Gasteiger partial charge is 0.271 e. The van der Waals surface area contributed by atoms with Gasteiger partial charge in [0.15, 0.2) is 0 Å². The maximum absolute atomic E-state index is 4.44. The number of hydrogen-bond acceptors (Lipinski definition) is 1. The van der Waals surface area contributed by atoms with E-state index in [2.05, 4.69) is 42.3 Å². The Balaban J connectivity index is 2.21.